The number of nitrogens with one attached hydrogen (secondary N) is 1. The molecule has 6 nitrogen and oxygen atoms in total. The van der Waals surface area contributed by atoms with E-state index in [1.165, 1.54) is 4.68 Å². The van der Waals surface area contributed by atoms with Crippen LogP contribution in [0.25, 0.3) is 0 Å². The fourth-order valence-electron chi connectivity index (χ4n) is 1.05. The van der Waals surface area contributed by atoms with Gasteiger partial charge in [-0.05, 0) is 16.0 Å². The van der Waals surface area contributed by atoms with Crippen LogP contribution in [0.5, 0.6) is 0 Å². The van der Waals surface area contributed by atoms with Crippen molar-refractivity contribution in [3.8, 4) is 0 Å². The minimum absolute atomic E-state index is 0.127. The first kappa shape index (κ1) is 9.32. The molecule has 0 fully saturated rings. The van der Waals surface area contributed by atoms with E-state index in [1.54, 1.807) is 13.3 Å². The van der Waals surface area contributed by atoms with Crippen molar-refractivity contribution in [1.82, 2.24) is 19.9 Å². The number of hydrogen-bond donors (Lipinski definition) is 1. The minimum Gasteiger partial charge on any atom is -0.264 e. The molecule has 0 atom stereocenters. The molecule has 0 bridgehead atoms. The molecule has 6 heteroatoms. The molecular formula is C9H10N6. The molecular weight excluding hydrogens is 192 g/mol. The Morgan fingerprint density at radius 3 is 2.60 bits per heavy atom. The van der Waals surface area contributed by atoms with Crippen LogP contribution in [-0.4, -0.2) is 26.1 Å². The molecule has 0 spiro atoms. The van der Waals surface area contributed by atoms with Crippen LogP contribution in [0.2, 0.25) is 0 Å². The van der Waals surface area contributed by atoms with E-state index < -0.39 is 0 Å². The summed E-state index contributed by atoms with van der Waals surface area (Å²) < 4.78 is 1.34. The maximum absolute atomic E-state index is 7.53. The minimum atomic E-state index is 0.127. The zero-order valence-corrected chi connectivity index (χ0v) is 8.20. The average Bonchev–Trinajstić information content (AvgIpc) is 2.59. The molecule has 0 aliphatic rings. The number of nitrogens with zero attached hydrogens (tertiary/aromatic N) is 5. The van der Waals surface area contributed by atoms with Crippen molar-refractivity contribution >= 4 is 6.21 Å². The van der Waals surface area contributed by atoms with Crippen molar-refractivity contribution in [2.24, 2.45) is 12.1 Å². The summed E-state index contributed by atoms with van der Waals surface area (Å²) in [6.07, 6.45) is 1.63. The van der Waals surface area contributed by atoms with Gasteiger partial charge in [0.05, 0.1) is 6.21 Å². The molecule has 1 aromatic heterocycles. The van der Waals surface area contributed by atoms with Gasteiger partial charge in [-0.15, -0.1) is 0 Å². The maximum Gasteiger partial charge on any atom is 0.261 e. The van der Waals surface area contributed by atoms with Crippen molar-refractivity contribution in [1.29, 1.82) is 5.41 Å². The van der Waals surface area contributed by atoms with Gasteiger partial charge in [0.15, 0.2) is 0 Å². The van der Waals surface area contributed by atoms with E-state index in [2.05, 4.69) is 15.5 Å². The van der Waals surface area contributed by atoms with E-state index in [0.29, 0.717) is 0 Å². The molecule has 0 aliphatic heterocycles. The van der Waals surface area contributed by atoms with Gasteiger partial charge < -0.3 is 0 Å². The maximum atomic E-state index is 7.53. The zero-order chi connectivity index (χ0) is 10.7. The number of aryl methyl sites for hydroxylation is 1. The van der Waals surface area contributed by atoms with Gasteiger partial charge in [0.1, 0.15) is 0 Å². The van der Waals surface area contributed by atoms with Crippen LogP contribution in [0.4, 0.5) is 0 Å². The molecule has 0 saturated carbocycles. The molecule has 0 amide bonds. The van der Waals surface area contributed by atoms with Crippen molar-refractivity contribution < 1.29 is 0 Å². The number of aromatic nitrogens is 4. The van der Waals surface area contributed by atoms with Gasteiger partial charge in [0.2, 0.25) is 0 Å². The molecule has 1 aromatic carbocycles. The summed E-state index contributed by atoms with van der Waals surface area (Å²) in [5.74, 6) is 0. The van der Waals surface area contributed by atoms with E-state index in [0.717, 1.165) is 10.4 Å². The standard InChI is InChI=1S/C9H10N6/c1-14-9(10)15(13-12-14)11-7-8-5-3-2-4-6-8/h2-7,10H,1H3/b10-9?,11-7+. The summed E-state index contributed by atoms with van der Waals surface area (Å²) in [4.78, 5) is 1.16. The Morgan fingerprint density at radius 1 is 1.27 bits per heavy atom. The third-order valence-electron chi connectivity index (χ3n) is 1.87. The highest BCUT2D eigenvalue weighted by Crippen LogP contribution is 1.93. The van der Waals surface area contributed by atoms with Crippen molar-refractivity contribution in [3.63, 3.8) is 0 Å². The Labute approximate surface area is 86.0 Å². The monoisotopic (exact) mass is 202 g/mol. The highest BCUT2D eigenvalue weighted by Gasteiger charge is 1.95. The van der Waals surface area contributed by atoms with Crippen LogP contribution in [0, 0.1) is 5.41 Å². The van der Waals surface area contributed by atoms with E-state index in [1.807, 2.05) is 30.3 Å². The molecule has 2 aromatic rings. The number of rotatable bonds is 2. The lowest BCUT2D eigenvalue weighted by molar-refractivity contribution is 0.660. The average molecular weight is 202 g/mol. The lowest BCUT2D eigenvalue weighted by Crippen LogP contribution is -2.20. The quantitative estimate of drug-likeness (QED) is 0.695. The van der Waals surface area contributed by atoms with Crippen LogP contribution in [0.1, 0.15) is 5.56 Å². The van der Waals surface area contributed by atoms with E-state index in [-0.39, 0.29) is 5.62 Å². The summed E-state index contributed by atoms with van der Waals surface area (Å²) in [5.41, 5.74) is 1.08. The van der Waals surface area contributed by atoms with Crippen molar-refractivity contribution in [3.05, 3.63) is 41.5 Å². The van der Waals surface area contributed by atoms with Gasteiger partial charge in [-0.3, -0.25) is 5.41 Å². The summed E-state index contributed by atoms with van der Waals surface area (Å²) in [6, 6.07) is 9.62. The molecule has 76 valence electrons. The largest absolute Gasteiger partial charge is 0.264 e. The van der Waals surface area contributed by atoms with Gasteiger partial charge in [0, 0.05) is 7.05 Å². The Hall–Kier alpha value is -2.24. The smallest absolute Gasteiger partial charge is 0.261 e. The Balaban J connectivity index is 2.27. The predicted molar refractivity (Wildman–Crippen MR) is 54.3 cm³/mol. The number of tetrazole rings is 1. The second-order valence-electron chi connectivity index (χ2n) is 2.97. The fourth-order valence-corrected chi connectivity index (χ4v) is 1.05. The predicted octanol–water partition coefficient (Wildman–Crippen LogP) is -0.0217. The van der Waals surface area contributed by atoms with Gasteiger partial charge in [-0.1, -0.05) is 35.1 Å². The Kier molecular flexibility index (Phi) is 2.40. The number of benzene rings is 1. The molecule has 0 radical (unpaired) electrons. The summed E-state index contributed by atoms with van der Waals surface area (Å²) in [5, 5.41) is 18.9. The topological polar surface area (TPSA) is 71.8 Å². The SMILES string of the molecule is Cn1nnn(/N=C/c2ccccc2)c1=N. The Bertz CT molecular complexity index is 521. The third-order valence-corrected chi connectivity index (χ3v) is 1.87. The second kappa shape index (κ2) is 3.87. The summed E-state index contributed by atoms with van der Waals surface area (Å²) >= 11 is 0. The van der Waals surface area contributed by atoms with Crippen LogP contribution < -0.4 is 5.62 Å². The molecule has 2 rings (SSSR count). The Morgan fingerprint density at radius 2 is 2.00 bits per heavy atom. The lowest BCUT2D eigenvalue weighted by atomic mass is 10.2. The zero-order valence-electron chi connectivity index (χ0n) is 8.20. The normalized spacial score (nSPS) is 11.0. The van der Waals surface area contributed by atoms with E-state index >= 15 is 0 Å². The van der Waals surface area contributed by atoms with Gasteiger partial charge in [-0.25, -0.2) is 4.68 Å². The first-order valence-electron chi connectivity index (χ1n) is 4.40. The van der Waals surface area contributed by atoms with Gasteiger partial charge >= 0.3 is 0 Å². The van der Waals surface area contributed by atoms with E-state index in [4.69, 9.17) is 5.41 Å². The molecule has 1 heterocycles. The van der Waals surface area contributed by atoms with Crippen LogP contribution >= 0.6 is 0 Å². The van der Waals surface area contributed by atoms with Crippen molar-refractivity contribution in [2.45, 2.75) is 0 Å². The molecule has 15 heavy (non-hydrogen) atoms. The lowest BCUT2D eigenvalue weighted by Gasteiger charge is -1.90. The second-order valence-corrected chi connectivity index (χ2v) is 2.97. The third kappa shape index (κ3) is 1.98. The first-order chi connectivity index (χ1) is 7.27. The van der Waals surface area contributed by atoms with Gasteiger partial charge in [0.25, 0.3) is 5.62 Å². The molecule has 0 unspecified atom stereocenters. The summed E-state index contributed by atoms with van der Waals surface area (Å²) in [7, 11) is 1.64. The molecule has 0 aliphatic carbocycles. The highest BCUT2D eigenvalue weighted by atomic mass is 15.7. The van der Waals surface area contributed by atoms with E-state index in [9.17, 15) is 0 Å². The van der Waals surface area contributed by atoms with Crippen LogP contribution in [0.3, 0.4) is 0 Å². The van der Waals surface area contributed by atoms with Gasteiger partial charge in [-0.2, -0.15) is 5.10 Å². The van der Waals surface area contributed by atoms with Crippen LogP contribution in [0.15, 0.2) is 35.4 Å². The highest BCUT2D eigenvalue weighted by molar-refractivity contribution is 5.79. The fraction of sp³-hybridized carbons (Fsp3) is 0.111. The van der Waals surface area contributed by atoms with Crippen molar-refractivity contribution in [2.75, 3.05) is 0 Å². The molecule has 0 saturated heterocycles. The first-order valence-corrected chi connectivity index (χ1v) is 4.40. The number of hydrogen-bond acceptors (Lipinski definition) is 4. The van der Waals surface area contributed by atoms with Crippen LogP contribution in [-0.2, 0) is 7.05 Å². The summed E-state index contributed by atoms with van der Waals surface area (Å²) in [6.45, 7) is 0. The molecule has 1 N–H and O–H groups in total.